The Morgan fingerprint density at radius 3 is 2.68 bits per heavy atom. The zero-order valence-corrected chi connectivity index (χ0v) is 16.4. The first-order valence-electron chi connectivity index (χ1n) is 9.54. The number of fused-ring (bicyclic) bond motifs is 2. The van der Waals surface area contributed by atoms with E-state index in [1.165, 1.54) is 0 Å². The van der Waals surface area contributed by atoms with Crippen LogP contribution in [0.25, 0.3) is 11.0 Å². The molecule has 152 valence electrons. The minimum absolute atomic E-state index is 0.217. The summed E-state index contributed by atoms with van der Waals surface area (Å²) >= 11 is 0. The third-order valence-electron chi connectivity index (χ3n) is 5.23. The van der Waals surface area contributed by atoms with Crippen molar-refractivity contribution in [2.24, 2.45) is 0 Å². The Morgan fingerprint density at radius 1 is 1.07 bits per heavy atom. The van der Waals surface area contributed by atoms with Gasteiger partial charge in [-0.25, -0.2) is 4.68 Å². The lowest BCUT2D eigenvalue weighted by Gasteiger charge is -2.29. The van der Waals surface area contributed by atoms with Gasteiger partial charge in [0, 0.05) is 0 Å². The summed E-state index contributed by atoms with van der Waals surface area (Å²) in [7, 11) is 0. The highest BCUT2D eigenvalue weighted by atomic mass is 16.8. The molecule has 5 atom stereocenters. The second-order valence-corrected chi connectivity index (χ2v) is 8.27. The number of aromatic nitrogens is 3. The summed E-state index contributed by atoms with van der Waals surface area (Å²) in [6, 6.07) is 7.75. The van der Waals surface area contributed by atoms with Crippen molar-refractivity contribution in [2.45, 2.75) is 76.7 Å². The monoisotopic (exact) mass is 391 g/mol. The maximum absolute atomic E-state index is 6.25. The van der Waals surface area contributed by atoms with Gasteiger partial charge in [-0.05, 0) is 39.8 Å². The van der Waals surface area contributed by atoms with Gasteiger partial charge in [-0.2, -0.15) is 0 Å². The van der Waals surface area contributed by atoms with Gasteiger partial charge in [-0.3, -0.25) is 0 Å². The summed E-state index contributed by atoms with van der Waals surface area (Å²) in [5, 5.41) is 8.36. The lowest BCUT2D eigenvalue weighted by molar-refractivity contribution is -0.238. The molecule has 0 N–H and O–H groups in total. The molecule has 3 aliphatic rings. The highest BCUT2D eigenvalue weighted by Gasteiger charge is 2.59. The first-order valence-corrected chi connectivity index (χ1v) is 9.54. The van der Waals surface area contributed by atoms with Gasteiger partial charge in [0.2, 0.25) is 0 Å². The topological polar surface area (TPSA) is 86.1 Å². The smallest absolute Gasteiger partial charge is 0.190 e. The Labute approximate surface area is 162 Å². The average Bonchev–Trinajstić information content (AvgIpc) is 3.34. The summed E-state index contributed by atoms with van der Waals surface area (Å²) in [5.41, 5.74) is 1.72. The van der Waals surface area contributed by atoms with E-state index in [-0.39, 0.29) is 25.0 Å². The summed E-state index contributed by atoms with van der Waals surface area (Å²) < 4.78 is 37.8. The first kappa shape index (κ1) is 18.4. The molecule has 0 saturated carbocycles. The molecule has 0 aliphatic carbocycles. The molecule has 1 aromatic carbocycles. The normalized spacial score (nSPS) is 36.2. The van der Waals surface area contributed by atoms with Gasteiger partial charge in [0.05, 0.1) is 12.1 Å². The van der Waals surface area contributed by atoms with Crippen molar-refractivity contribution in [2.75, 3.05) is 6.61 Å². The van der Waals surface area contributed by atoms with E-state index in [4.69, 9.17) is 28.4 Å². The predicted octanol–water partition coefficient (Wildman–Crippen LogP) is 1.80. The maximum atomic E-state index is 6.25. The maximum Gasteiger partial charge on any atom is 0.190 e. The number of para-hydroxylation sites is 1. The first-order chi connectivity index (χ1) is 13.3. The number of hydrogen-bond acceptors (Lipinski definition) is 8. The van der Waals surface area contributed by atoms with Gasteiger partial charge < -0.3 is 28.4 Å². The number of rotatable bonds is 4. The van der Waals surface area contributed by atoms with E-state index < -0.39 is 24.0 Å². The van der Waals surface area contributed by atoms with Crippen molar-refractivity contribution in [3.05, 3.63) is 24.3 Å². The highest BCUT2D eigenvalue weighted by molar-refractivity contribution is 5.73. The zero-order chi connectivity index (χ0) is 19.5. The number of benzene rings is 1. The largest absolute Gasteiger partial charge is 0.350 e. The summed E-state index contributed by atoms with van der Waals surface area (Å²) in [4.78, 5) is 0. The lowest BCUT2D eigenvalue weighted by atomic mass is 10.1. The fourth-order valence-corrected chi connectivity index (χ4v) is 4.04. The van der Waals surface area contributed by atoms with Crippen molar-refractivity contribution in [1.82, 2.24) is 15.0 Å². The molecule has 3 aliphatic heterocycles. The van der Waals surface area contributed by atoms with Gasteiger partial charge in [0.15, 0.2) is 17.9 Å². The Kier molecular flexibility index (Phi) is 4.24. The predicted molar refractivity (Wildman–Crippen MR) is 96.0 cm³/mol. The van der Waals surface area contributed by atoms with Gasteiger partial charge in [-0.15, -0.1) is 5.10 Å². The molecule has 9 heteroatoms. The fourth-order valence-electron chi connectivity index (χ4n) is 4.04. The molecule has 0 spiro atoms. The van der Waals surface area contributed by atoms with Crippen LogP contribution in [0.3, 0.4) is 0 Å². The van der Waals surface area contributed by atoms with Crippen LogP contribution in [0.15, 0.2) is 24.3 Å². The van der Waals surface area contributed by atoms with Crippen molar-refractivity contribution >= 4 is 11.0 Å². The molecule has 0 radical (unpaired) electrons. The van der Waals surface area contributed by atoms with Crippen molar-refractivity contribution in [3.8, 4) is 0 Å². The third-order valence-corrected chi connectivity index (χ3v) is 5.23. The van der Waals surface area contributed by atoms with E-state index in [0.29, 0.717) is 6.61 Å². The van der Waals surface area contributed by atoms with Crippen LogP contribution in [-0.2, 0) is 35.2 Å². The van der Waals surface area contributed by atoms with Crippen molar-refractivity contribution in [1.29, 1.82) is 0 Å². The highest BCUT2D eigenvalue weighted by Crippen LogP contribution is 2.42. The van der Waals surface area contributed by atoms with E-state index in [9.17, 15) is 0 Å². The quantitative estimate of drug-likeness (QED) is 0.780. The second kappa shape index (κ2) is 6.45. The number of ether oxygens (including phenoxy) is 6. The standard InChI is InChI=1S/C19H25N3O6/c1-18(2)24-9-13(26-18)14-15(16-17(25-14)28-19(3,4)27-16)23-10-22-12-8-6-5-7-11(12)20-21-22/h5-8,13-17H,9-10H2,1-4H3. The van der Waals surface area contributed by atoms with E-state index in [0.717, 1.165) is 11.0 Å². The summed E-state index contributed by atoms with van der Waals surface area (Å²) in [5.74, 6) is -1.38. The van der Waals surface area contributed by atoms with Crippen LogP contribution in [0.5, 0.6) is 0 Å². The van der Waals surface area contributed by atoms with Crippen LogP contribution in [0.1, 0.15) is 27.7 Å². The molecule has 1 aromatic heterocycles. The molecule has 3 saturated heterocycles. The van der Waals surface area contributed by atoms with Crippen molar-refractivity contribution in [3.63, 3.8) is 0 Å². The summed E-state index contributed by atoms with van der Waals surface area (Å²) in [6.07, 6.45) is -1.90. The molecule has 2 aromatic rings. The SMILES string of the molecule is CC1(C)OCC(C2OC3OC(C)(C)OC3C2OCn2nnc3ccccc32)O1. The van der Waals surface area contributed by atoms with Gasteiger partial charge in [0.25, 0.3) is 0 Å². The van der Waals surface area contributed by atoms with Crippen LogP contribution >= 0.6 is 0 Å². The third kappa shape index (κ3) is 3.22. The number of nitrogens with zero attached hydrogens (tertiary/aromatic N) is 3. The molecule has 5 rings (SSSR count). The Morgan fingerprint density at radius 2 is 1.89 bits per heavy atom. The molecular formula is C19H25N3O6. The van der Waals surface area contributed by atoms with Crippen LogP contribution in [0.4, 0.5) is 0 Å². The Bertz CT molecular complexity index is 868. The zero-order valence-electron chi connectivity index (χ0n) is 16.4. The van der Waals surface area contributed by atoms with Crippen LogP contribution in [0, 0.1) is 0 Å². The molecular weight excluding hydrogens is 366 g/mol. The lowest BCUT2D eigenvalue weighted by Crippen LogP contribution is -2.44. The average molecular weight is 391 g/mol. The minimum atomic E-state index is -0.728. The van der Waals surface area contributed by atoms with Gasteiger partial charge in [0.1, 0.15) is 36.7 Å². The number of hydrogen-bond donors (Lipinski definition) is 0. The van der Waals surface area contributed by atoms with Crippen molar-refractivity contribution < 1.29 is 28.4 Å². The van der Waals surface area contributed by atoms with Crippen LogP contribution < -0.4 is 0 Å². The molecule has 28 heavy (non-hydrogen) atoms. The van der Waals surface area contributed by atoms with E-state index in [1.807, 2.05) is 52.0 Å². The minimum Gasteiger partial charge on any atom is -0.350 e. The van der Waals surface area contributed by atoms with E-state index >= 15 is 0 Å². The molecule has 3 fully saturated rings. The second-order valence-electron chi connectivity index (χ2n) is 8.27. The fraction of sp³-hybridized carbons (Fsp3) is 0.684. The van der Waals surface area contributed by atoms with Gasteiger partial charge >= 0.3 is 0 Å². The Balaban J connectivity index is 1.37. The molecule has 9 nitrogen and oxygen atoms in total. The molecule has 4 heterocycles. The molecule has 0 amide bonds. The van der Waals surface area contributed by atoms with E-state index in [1.54, 1.807) is 4.68 Å². The van der Waals surface area contributed by atoms with Crippen LogP contribution in [-0.4, -0.2) is 63.9 Å². The van der Waals surface area contributed by atoms with E-state index in [2.05, 4.69) is 10.3 Å². The van der Waals surface area contributed by atoms with Crippen LogP contribution in [0.2, 0.25) is 0 Å². The molecule has 5 unspecified atom stereocenters. The van der Waals surface area contributed by atoms with Gasteiger partial charge in [-0.1, -0.05) is 17.3 Å². The Hall–Kier alpha value is -1.62. The summed E-state index contributed by atoms with van der Waals surface area (Å²) in [6.45, 7) is 8.14. The molecule has 0 bridgehead atoms.